The van der Waals surface area contributed by atoms with E-state index in [0.29, 0.717) is 49.1 Å². The number of phenolic OH excluding ortho intramolecular Hbond substituents is 1. The van der Waals surface area contributed by atoms with Gasteiger partial charge in [0.1, 0.15) is 29.8 Å². The second kappa shape index (κ2) is 19.1. The van der Waals surface area contributed by atoms with Crippen molar-refractivity contribution in [2.24, 2.45) is 17.4 Å². The Balaban J connectivity index is 0.689. The standard InChI is InChI=1S/C49H60N10O7/c50-40(38-6-1-2-7-43(38)60)28-42(46(51)52)57-29-34-9-10-35(30-57)58(34)33-4-3-5-36(26-33)66-25-24-54-20-22-56(23-21-54)45(62)15-8-31-16-18-55(19-17-31)32-11-12-37-39(27-32)49(65)59(48(37)64)41-13-14-44(61)53-47(41)63/h1-7,11-12,26-28,31,34-35,41,60H,8-10,13-25,29-30,50-52H2,(H,53,61,63)/p+1/b40-28-. The fourth-order valence-electron chi connectivity index (χ4n) is 10.7. The molecule has 0 radical (unpaired) electrons. The van der Waals surface area contributed by atoms with E-state index >= 15 is 0 Å². The number of carbonyl (C=O) groups is 5. The predicted octanol–water partition coefficient (Wildman–Crippen LogP) is 2.04. The summed E-state index contributed by atoms with van der Waals surface area (Å²) in [5.41, 5.74) is 21.1. The lowest BCUT2D eigenvalue weighted by molar-refractivity contribution is -0.307. The van der Waals surface area contributed by atoms with Gasteiger partial charge in [-0.05, 0) is 93.0 Å². The maximum Gasteiger partial charge on any atom is 0.262 e. The third kappa shape index (κ3) is 9.27. The van der Waals surface area contributed by atoms with Crippen LogP contribution in [0.15, 0.2) is 84.3 Å². The summed E-state index contributed by atoms with van der Waals surface area (Å²) in [7, 11) is 0. The number of hydrogen-bond donors (Lipinski definition) is 5. The number of aromatic hydroxyl groups is 1. The molecule has 2 bridgehead atoms. The van der Waals surface area contributed by atoms with Crippen molar-refractivity contribution in [3.05, 3.63) is 101 Å². The van der Waals surface area contributed by atoms with E-state index in [2.05, 4.69) is 48.8 Å². The molecule has 5 fully saturated rings. The van der Waals surface area contributed by atoms with E-state index in [9.17, 15) is 29.1 Å². The van der Waals surface area contributed by atoms with Crippen LogP contribution in [0.4, 0.5) is 11.4 Å². The van der Waals surface area contributed by atoms with Crippen LogP contribution in [0.25, 0.3) is 5.70 Å². The molecule has 6 heterocycles. The number of rotatable bonds is 13. The smallest absolute Gasteiger partial charge is 0.262 e. The zero-order chi connectivity index (χ0) is 46.1. The SMILES string of the molecule is N/C(=C\C(=C(/N)[NH3+])N1CC2CCC(C1)N2c1cccc(OCCN2CCN(C(=O)CCC3CCN(c4ccc5c(c4)C(=O)N(C4CCC(=O)NC4=O)C5=O)CC3)CC2)c1)c1ccccc1O. The first-order valence-corrected chi connectivity index (χ1v) is 23.4. The molecule has 348 valence electrons. The molecule has 9 rings (SSSR count). The van der Waals surface area contributed by atoms with Crippen molar-refractivity contribution in [3.8, 4) is 11.5 Å². The average molecular weight is 902 g/mol. The number of piperazine rings is 2. The van der Waals surface area contributed by atoms with E-state index in [0.717, 1.165) is 106 Å². The van der Waals surface area contributed by atoms with Gasteiger partial charge >= 0.3 is 0 Å². The fraction of sp³-hybridized carbons (Fsp3) is 0.449. The molecule has 66 heavy (non-hydrogen) atoms. The van der Waals surface area contributed by atoms with Gasteiger partial charge in [-0.1, -0.05) is 18.2 Å². The van der Waals surface area contributed by atoms with Crippen LogP contribution in [0, 0.1) is 5.92 Å². The second-order valence-electron chi connectivity index (χ2n) is 18.4. The summed E-state index contributed by atoms with van der Waals surface area (Å²) in [5.74, 6) is 0.0100. The first kappa shape index (κ1) is 44.6. The number of quaternary nitrogens is 1. The van der Waals surface area contributed by atoms with Gasteiger partial charge in [0.2, 0.25) is 23.5 Å². The van der Waals surface area contributed by atoms with Crippen molar-refractivity contribution in [2.75, 3.05) is 75.3 Å². The number of ether oxygens (including phenoxy) is 1. The molecule has 17 nitrogen and oxygen atoms in total. The number of allylic oxidation sites excluding steroid dienone is 1. The topological polar surface area (TPSA) is 226 Å². The number of fused-ring (bicyclic) bond motifs is 3. The first-order valence-electron chi connectivity index (χ1n) is 23.4. The molecule has 0 aromatic heterocycles. The normalized spacial score (nSPS) is 23.3. The molecular formula is C49H61N10O7+. The van der Waals surface area contributed by atoms with Gasteiger partial charge < -0.3 is 46.6 Å². The Morgan fingerprint density at radius 1 is 0.803 bits per heavy atom. The van der Waals surface area contributed by atoms with Gasteiger partial charge in [-0.3, -0.25) is 39.1 Å². The molecule has 3 aromatic carbocycles. The molecule has 3 unspecified atom stereocenters. The molecule has 17 heteroatoms. The molecule has 3 aromatic rings. The number of hydrogen-bond acceptors (Lipinski definition) is 13. The number of amides is 5. The summed E-state index contributed by atoms with van der Waals surface area (Å²) >= 11 is 0. The molecule has 5 saturated heterocycles. The molecule has 3 atom stereocenters. The van der Waals surface area contributed by atoms with Crippen molar-refractivity contribution in [3.63, 3.8) is 0 Å². The average Bonchev–Trinajstić information content (AvgIpc) is 3.73. The van der Waals surface area contributed by atoms with E-state index in [1.165, 1.54) is 0 Å². The molecule has 9 N–H and O–H groups in total. The summed E-state index contributed by atoms with van der Waals surface area (Å²) in [6.45, 7) is 7.47. The van der Waals surface area contributed by atoms with Crippen LogP contribution in [-0.4, -0.2) is 138 Å². The Labute approximate surface area is 384 Å². The van der Waals surface area contributed by atoms with E-state index in [1.807, 2.05) is 29.2 Å². The third-order valence-electron chi connectivity index (χ3n) is 14.3. The van der Waals surface area contributed by atoms with Crippen LogP contribution in [-0.2, 0) is 14.4 Å². The Morgan fingerprint density at radius 3 is 2.24 bits per heavy atom. The zero-order valence-electron chi connectivity index (χ0n) is 37.4. The summed E-state index contributed by atoms with van der Waals surface area (Å²) in [4.78, 5) is 76.2. The summed E-state index contributed by atoms with van der Waals surface area (Å²) in [6.07, 6.45) is 7.38. The lowest BCUT2D eigenvalue weighted by Gasteiger charge is -2.43. The lowest BCUT2D eigenvalue weighted by Crippen LogP contribution is -2.58. The number of para-hydroxylation sites is 1. The Kier molecular flexibility index (Phi) is 12.9. The van der Waals surface area contributed by atoms with Gasteiger partial charge in [0.15, 0.2) is 0 Å². The molecule has 0 aliphatic carbocycles. The monoisotopic (exact) mass is 901 g/mol. The zero-order valence-corrected chi connectivity index (χ0v) is 37.4. The van der Waals surface area contributed by atoms with Crippen molar-refractivity contribution in [2.45, 2.75) is 69.5 Å². The van der Waals surface area contributed by atoms with Gasteiger partial charge in [0, 0.05) is 113 Å². The molecule has 5 amide bonds. The summed E-state index contributed by atoms with van der Waals surface area (Å²) in [6, 6.07) is 20.2. The van der Waals surface area contributed by atoms with E-state index < -0.39 is 29.7 Å². The van der Waals surface area contributed by atoms with Gasteiger partial charge in [0.05, 0.1) is 11.1 Å². The van der Waals surface area contributed by atoms with Crippen molar-refractivity contribution < 1.29 is 39.5 Å². The number of anilines is 2. The Bertz CT molecular complexity index is 2420. The number of piperidine rings is 2. The van der Waals surface area contributed by atoms with Crippen LogP contribution >= 0.6 is 0 Å². The summed E-state index contributed by atoms with van der Waals surface area (Å²) in [5, 5.41) is 12.6. The molecule has 0 spiro atoms. The maximum absolute atomic E-state index is 13.3. The molecule has 6 aliphatic rings. The van der Waals surface area contributed by atoms with E-state index in [4.69, 9.17) is 16.2 Å². The largest absolute Gasteiger partial charge is 0.507 e. The third-order valence-corrected chi connectivity index (χ3v) is 14.3. The van der Waals surface area contributed by atoms with Crippen molar-refractivity contribution >= 4 is 46.6 Å². The quantitative estimate of drug-likeness (QED) is 0.123. The first-order chi connectivity index (χ1) is 31.9. The lowest BCUT2D eigenvalue weighted by atomic mass is 9.91. The number of phenols is 1. The number of nitrogens with two attached hydrogens (primary N) is 2. The highest BCUT2D eigenvalue weighted by Gasteiger charge is 2.45. The molecule has 6 aliphatic heterocycles. The highest BCUT2D eigenvalue weighted by atomic mass is 16.5. The minimum Gasteiger partial charge on any atom is -0.507 e. The van der Waals surface area contributed by atoms with Crippen LogP contribution in [0.5, 0.6) is 11.5 Å². The maximum atomic E-state index is 13.3. The molecule has 0 saturated carbocycles. The van der Waals surface area contributed by atoms with Crippen LogP contribution in [0.3, 0.4) is 0 Å². The number of likely N-dealkylation sites (tertiary alicyclic amines) is 1. The molecular weight excluding hydrogens is 841 g/mol. The van der Waals surface area contributed by atoms with Gasteiger partial charge in [-0.2, -0.15) is 0 Å². The second-order valence-corrected chi connectivity index (χ2v) is 18.4. The van der Waals surface area contributed by atoms with Crippen LogP contribution < -0.4 is 37.1 Å². The van der Waals surface area contributed by atoms with Gasteiger partial charge in [0.25, 0.3) is 11.8 Å². The Hall–Kier alpha value is -6.59. The fourth-order valence-corrected chi connectivity index (χ4v) is 10.7. The highest BCUT2D eigenvalue weighted by molar-refractivity contribution is 6.23. The van der Waals surface area contributed by atoms with E-state index in [-0.39, 0.29) is 47.7 Å². The highest BCUT2D eigenvalue weighted by Crippen LogP contribution is 2.38. The minimum absolute atomic E-state index is 0.0817. The number of nitrogens with one attached hydrogen (secondary N) is 1. The minimum atomic E-state index is -0.987. The van der Waals surface area contributed by atoms with Crippen molar-refractivity contribution in [1.29, 1.82) is 0 Å². The van der Waals surface area contributed by atoms with Gasteiger partial charge in [-0.15, -0.1) is 0 Å². The number of nitrogens with zero attached hydrogens (tertiary/aromatic N) is 6. The van der Waals surface area contributed by atoms with Crippen LogP contribution in [0.1, 0.15) is 77.6 Å². The summed E-state index contributed by atoms with van der Waals surface area (Å²) < 4.78 is 6.31. The number of benzene rings is 3. The van der Waals surface area contributed by atoms with Crippen molar-refractivity contribution in [1.82, 2.24) is 24.9 Å². The number of imide groups is 2. The number of carbonyl (C=O) groups excluding carboxylic acids is 5. The van der Waals surface area contributed by atoms with Gasteiger partial charge in [-0.25, -0.2) is 0 Å². The predicted molar refractivity (Wildman–Crippen MR) is 247 cm³/mol. The van der Waals surface area contributed by atoms with Crippen LogP contribution in [0.2, 0.25) is 0 Å². The van der Waals surface area contributed by atoms with E-state index in [1.54, 1.807) is 30.3 Å². The Morgan fingerprint density at radius 2 is 1.53 bits per heavy atom.